The molecule has 0 bridgehead atoms. The van der Waals surface area contributed by atoms with Crippen LogP contribution in [0, 0.1) is 0 Å². The van der Waals surface area contributed by atoms with E-state index < -0.39 is 0 Å². The fourth-order valence-electron chi connectivity index (χ4n) is 1.36. The molecule has 13 heavy (non-hydrogen) atoms. The lowest BCUT2D eigenvalue weighted by molar-refractivity contribution is 0.718. The van der Waals surface area contributed by atoms with Gasteiger partial charge in [0.2, 0.25) is 0 Å². The van der Waals surface area contributed by atoms with E-state index in [1.807, 2.05) is 12.1 Å². The van der Waals surface area contributed by atoms with Crippen molar-refractivity contribution < 1.29 is 0 Å². The van der Waals surface area contributed by atoms with Crippen molar-refractivity contribution in [3.63, 3.8) is 0 Å². The third-order valence-electron chi connectivity index (χ3n) is 2.15. The maximum absolute atomic E-state index is 5.85. The van der Waals surface area contributed by atoms with Crippen molar-refractivity contribution in [1.82, 2.24) is 0 Å². The second-order valence-corrected chi connectivity index (χ2v) is 4.22. The van der Waals surface area contributed by atoms with Crippen LogP contribution >= 0.6 is 15.9 Å². The van der Waals surface area contributed by atoms with Gasteiger partial charge in [-0.05, 0) is 36.6 Å². The van der Waals surface area contributed by atoms with Gasteiger partial charge in [-0.1, -0.05) is 35.7 Å². The molecule has 0 amide bonds. The minimum Gasteiger partial charge on any atom is -0.399 e. The molecule has 1 rings (SSSR count). The Morgan fingerprint density at radius 1 is 1.31 bits per heavy atom. The summed E-state index contributed by atoms with van der Waals surface area (Å²) in [5, 5.41) is 0. The Kier molecular flexibility index (Phi) is 4.29. The summed E-state index contributed by atoms with van der Waals surface area (Å²) in [7, 11) is 0. The molecule has 0 heterocycles. The summed E-state index contributed by atoms with van der Waals surface area (Å²) in [5.74, 6) is 0. The van der Waals surface area contributed by atoms with Crippen LogP contribution in [-0.2, 0) is 6.42 Å². The summed E-state index contributed by atoms with van der Waals surface area (Å²) < 4.78 is 1.12. The highest BCUT2D eigenvalue weighted by Crippen LogP contribution is 2.20. The van der Waals surface area contributed by atoms with Crippen molar-refractivity contribution in [2.75, 3.05) is 5.73 Å². The first-order valence-corrected chi connectivity index (χ1v) is 5.57. The van der Waals surface area contributed by atoms with E-state index >= 15 is 0 Å². The maximum Gasteiger partial charge on any atom is 0.0347 e. The number of nitrogens with two attached hydrogens (primary N) is 1. The highest BCUT2D eigenvalue weighted by atomic mass is 79.9. The smallest absolute Gasteiger partial charge is 0.0347 e. The molecule has 1 nitrogen and oxygen atoms in total. The minimum absolute atomic E-state index is 0.916. The predicted octanol–water partition coefficient (Wildman–Crippen LogP) is 3.76. The van der Waals surface area contributed by atoms with E-state index in [0.717, 1.165) is 16.6 Å². The summed E-state index contributed by atoms with van der Waals surface area (Å²) in [6.45, 7) is 2.21. The number of unbranched alkanes of at least 4 members (excludes halogenated alkanes) is 2. The van der Waals surface area contributed by atoms with Crippen LogP contribution in [0.4, 0.5) is 5.69 Å². The Labute approximate surface area is 88.5 Å². The zero-order valence-electron chi connectivity index (χ0n) is 8.02. The number of halogens is 1. The quantitative estimate of drug-likeness (QED) is 0.631. The standard InChI is InChI=1S/C11H16BrN/c1-2-3-4-5-9-8-10(12)6-7-11(9)13/h6-8H,2-5,13H2,1H3. The van der Waals surface area contributed by atoms with Crippen LogP contribution < -0.4 is 5.73 Å². The van der Waals surface area contributed by atoms with E-state index in [9.17, 15) is 0 Å². The van der Waals surface area contributed by atoms with Crippen molar-refractivity contribution in [2.45, 2.75) is 32.6 Å². The van der Waals surface area contributed by atoms with Crippen molar-refractivity contribution in [2.24, 2.45) is 0 Å². The highest BCUT2D eigenvalue weighted by molar-refractivity contribution is 9.10. The van der Waals surface area contributed by atoms with Crippen molar-refractivity contribution in [1.29, 1.82) is 0 Å². The lowest BCUT2D eigenvalue weighted by Crippen LogP contribution is -1.94. The summed E-state index contributed by atoms with van der Waals surface area (Å²) in [6.07, 6.45) is 4.87. The molecule has 0 atom stereocenters. The molecule has 0 aliphatic heterocycles. The molecule has 72 valence electrons. The second kappa shape index (κ2) is 5.28. The fraction of sp³-hybridized carbons (Fsp3) is 0.455. The monoisotopic (exact) mass is 241 g/mol. The molecular weight excluding hydrogens is 226 g/mol. The van der Waals surface area contributed by atoms with Crippen molar-refractivity contribution in [3.8, 4) is 0 Å². The van der Waals surface area contributed by atoms with Gasteiger partial charge in [0.05, 0.1) is 0 Å². The Morgan fingerprint density at radius 3 is 2.77 bits per heavy atom. The molecule has 2 heteroatoms. The van der Waals surface area contributed by atoms with E-state index in [4.69, 9.17) is 5.73 Å². The molecule has 0 radical (unpaired) electrons. The van der Waals surface area contributed by atoms with Gasteiger partial charge in [0, 0.05) is 10.2 Å². The highest BCUT2D eigenvalue weighted by Gasteiger charge is 1.99. The van der Waals surface area contributed by atoms with Gasteiger partial charge in [-0.25, -0.2) is 0 Å². The molecule has 1 aromatic carbocycles. The average molecular weight is 242 g/mol. The zero-order valence-corrected chi connectivity index (χ0v) is 9.60. The van der Waals surface area contributed by atoms with Crippen molar-refractivity contribution in [3.05, 3.63) is 28.2 Å². The SMILES string of the molecule is CCCCCc1cc(Br)ccc1N. The number of aryl methyl sites for hydroxylation is 1. The van der Waals surface area contributed by atoms with Gasteiger partial charge in [-0.15, -0.1) is 0 Å². The van der Waals surface area contributed by atoms with E-state index in [0.29, 0.717) is 0 Å². The van der Waals surface area contributed by atoms with Gasteiger partial charge in [0.25, 0.3) is 0 Å². The van der Waals surface area contributed by atoms with Crippen LogP contribution in [0.25, 0.3) is 0 Å². The molecular formula is C11H16BrN. The fourth-order valence-corrected chi connectivity index (χ4v) is 1.76. The topological polar surface area (TPSA) is 26.0 Å². The summed E-state index contributed by atoms with van der Waals surface area (Å²) in [6, 6.07) is 6.06. The molecule has 0 unspecified atom stereocenters. The van der Waals surface area contributed by atoms with Gasteiger partial charge in [-0.2, -0.15) is 0 Å². The van der Waals surface area contributed by atoms with E-state index in [1.54, 1.807) is 0 Å². The number of hydrogen-bond acceptors (Lipinski definition) is 1. The summed E-state index contributed by atoms with van der Waals surface area (Å²) in [5.41, 5.74) is 8.03. The number of nitrogen functional groups attached to an aromatic ring is 1. The van der Waals surface area contributed by atoms with Crippen molar-refractivity contribution >= 4 is 21.6 Å². The van der Waals surface area contributed by atoms with Gasteiger partial charge < -0.3 is 5.73 Å². The number of anilines is 1. The molecule has 0 saturated carbocycles. The third kappa shape index (κ3) is 3.39. The molecule has 0 aromatic heterocycles. The van der Waals surface area contributed by atoms with Gasteiger partial charge in [0.15, 0.2) is 0 Å². The normalized spacial score (nSPS) is 10.3. The first kappa shape index (κ1) is 10.6. The number of benzene rings is 1. The molecule has 0 aliphatic carbocycles. The van der Waals surface area contributed by atoms with Gasteiger partial charge >= 0.3 is 0 Å². The Hall–Kier alpha value is -0.500. The summed E-state index contributed by atoms with van der Waals surface area (Å²) >= 11 is 3.45. The second-order valence-electron chi connectivity index (χ2n) is 3.30. The average Bonchev–Trinajstić information content (AvgIpc) is 2.11. The lowest BCUT2D eigenvalue weighted by Gasteiger charge is -2.05. The van der Waals surface area contributed by atoms with E-state index in [2.05, 4.69) is 28.9 Å². The first-order valence-electron chi connectivity index (χ1n) is 4.78. The maximum atomic E-state index is 5.85. The molecule has 0 aliphatic rings. The van der Waals surface area contributed by atoms with Crippen LogP contribution in [-0.4, -0.2) is 0 Å². The molecule has 0 fully saturated rings. The molecule has 0 spiro atoms. The third-order valence-corrected chi connectivity index (χ3v) is 2.65. The van der Waals surface area contributed by atoms with Crippen LogP contribution in [0.3, 0.4) is 0 Å². The number of rotatable bonds is 4. The Morgan fingerprint density at radius 2 is 2.08 bits per heavy atom. The molecule has 2 N–H and O–H groups in total. The van der Waals surface area contributed by atoms with E-state index in [-0.39, 0.29) is 0 Å². The Bertz CT molecular complexity index is 271. The molecule has 1 aromatic rings. The van der Waals surface area contributed by atoms with Gasteiger partial charge in [-0.3, -0.25) is 0 Å². The van der Waals surface area contributed by atoms with Crippen LogP contribution in [0.15, 0.2) is 22.7 Å². The van der Waals surface area contributed by atoms with E-state index in [1.165, 1.54) is 24.8 Å². The minimum atomic E-state index is 0.916. The largest absolute Gasteiger partial charge is 0.399 e. The van der Waals surface area contributed by atoms with Crippen LogP contribution in [0.5, 0.6) is 0 Å². The summed E-state index contributed by atoms with van der Waals surface area (Å²) in [4.78, 5) is 0. The van der Waals surface area contributed by atoms with Crippen LogP contribution in [0.1, 0.15) is 31.7 Å². The van der Waals surface area contributed by atoms with Crippen LogP contribution in [0.2, 0.25) is 0 Å². The van der Waals surface area contributed by atoms with Gasteiger partial charge in [0.1, 0.15) is 0 Å². The number of hydrogen-bond donors (Lipinski definition) is 1. The zero-order chi connectivity index (χ0) is 9.68. The Balaban J connectivity index is 2.59. The predicted molar refractivity (Wildman–Crippen MR) is 61.8 cm³/mol. The first-order chi connectivity index (χ1) is 6.24. The lowest BCUT2D eigenvalue weighted by atomic mass is 10.1. The molecule has 0 saturated heterocycles.